The zero-order valence-electron chi connectivity index (χ0n) is 10.4. The molecule has 1 aliphatic rings. The topological polar surface area (TPSA) is 93.5 Å². The predicted molar refractivity (Wildman–Crippen MR) is 63.2 cm³/mol. The van der Waals surface area contributed by atoms with Crippen molar-refractivity contribution in [2.45, 2.75) is 32.4 Å². The highest BCUT2D eigenvalue weighted by atomic mass is 16.5. The lowest BCUT2D eigenvalue weighted by atomic mass is 10.1. The van der Waals surface area contributed by atoms with Crippen molar-refractivity contribution < 1.29 is 14.3 Å². The van der Waals surface area contributed by atoms with Crippen molar-refractivity contribution in [2.75, 3.05) is 19.8 Å². The summed E-state index contributed by atoms with van der Waals surface area (Å²) in [5.74, 6) is -0.441. The SMILES string of the molecule is CC(C)[C@H](N)C(=O)NCC(=O)NC1CCOC1. The van der Waals surface area contributed by atoms with E-state index in [1.54, 1.807) is 0 Å². The van der Waals surface area contributed by atoms with Crippen LogP contribution in [0.25, 0.3) is 0 Å². The molecule has 6 heteroatoms. The van der Waals surface area contributed by atoms with E-state index in [4.69, 9.17) is 10.5 Å². The molecule has 1 fully saturated rings. The van der Waals surface area contributed by atoms with E-state index in [1.165, 1.54) is 0 Å². The number of nitrogens with two attached hydrogens (primary N) is 1. The molecule has 0 aromatic rings. The van der Waals surface area contributed by atoms with Crippen molar-refractivity contribution in [2.24, 2.45) is 11.7 Å². The van der Waals surface area contributed by atoms with Crippen molar-refractivity contribution in [1.29, 1.82) is 0 Å². The number of hydrogen-bond donors (Lipinski definition) is 3. The molecule has 0 spiro atoms. The van der Waals surface area contributed by atoms with Gasteiger partial charge in [-0.3, -0.25) is 9.59 Å². The second-order valence-electron chi connectivity index (χ2n) is 4.62. The molecule has 1 unspecified atom stereocenters. The highest BCUT2D eigenvalue weighted by Crippen LogP contribution is 2.02. The van der Waals surface area contributed by atoms with Gasteiger partial charge in [0.05, 0.1) is 25.2 Å². The van der Waals surface area contributed by atoms with Gasteiger partial charge in [-0.1, -0.05) is 13.8 Å². The first-order valence-electron chi connectivity index (χ1n) is 5.91. The molecule has 17 heavy (non-hydrogen) atoms. The van der Waals surface area contributed by atoms with E-state index in [1.807, 2.05) is 13.8 Å². The van der Waals surface area contributed by atoms with Gasteiger partial charge >= 0.3 is 0 Å². The summed E-state index contributed by atoms with van der Waals surface area (Å²) in [5.41, 5.74) is 5.65. The highest BCUT2D eigenvalue weighted by Gasteiger charge is 2.20. The summed E-state index contributed by atoms with van der Waals surface area (Å²) in [6.45, 7) is 4.91. The Morgan fingerprint density at radius 3 is 2.71 bits per heavy atom. The molecule has 4 N–H and O–H groups in total. The summed E-state index contributed by atoms with van der Waals surface area (Å²) in [6.07, 6.45) is 0.825. The molecule has 2 atom stereocenters. The van der Waals surface area contributed by atoms with Crippen molar-refractivity contribution >= 4 is 11.8 Å². The summed E-state index contributed by atoms with van der Waals surface area (Å²) < 4.78 is 5.13. The van der Waals surface area contributed by atoms with Crippen LogP contribution in [0.2, 0.25) is 0 Å². The third-order valence-electron chi connectivity index (χ3n) is 2.74. The van der Waals surface area contributed by atoms with Crippen LogP contribution in [0.5, 0.6) is 0 Å². The predicted octanol–water partition coefficient (Wildman–Crippen LogP) is -1.01. The minimum Gasteiger partial charge on any atom is -0.379 e. The molecular formula is C11H21N3O3. The first kappa shape index (κ1) is 13.9. The third kappa shape index (κ3) is 4.70. The number of nitrogens with one attached hydrogen (secondary N) is 2. The maximum absolute atomic E-state index is 11.5. The van der Waals surface area contributed by atoms with Crippen LogP contribution >= 0.6 is 0 Å². The minimum atomic E-state index is -0.572. The molecule has 6 nitrogen and oxygen atoms in total. The molecule has 0 bridgehead atoms. The van der Waals surface area contributed by atoms with Crippen LogP contribution in [0.15, 0.2) is 0 Å². The van der Waals surface area contributed by atoms with Crippen molar-refractivity contribution in [3.05, 3.63) is 0 Å². The summed E-state index contributed by atoms with van der Waals surface area (Å²) in [4.78, 5) is 23.0. The normalized spacial score (nSPS) is 21.3. The summed E-state index contributed by atoms with van der Waals surface area (Å²) in [6, 6.07) is -0.504. The highest BCUT2D eigenvalue weighted by molar-refractivity contribution is 5.87. The number of ether oxygens (including phenoxy) is 1. The van der Waals surface area contributed by atoms with Gasteiger partial charge in [-0.05, 0) is 12.3 Å². The van der Waals surface area contributed by atoms with Crippen molar-refractivity contribution in [1.82, 2.24) is 10.6 Å². The lowest BCUT2D eigenvalue weighted by molar-refractivity contribution is -0.127. The maximum atomic E-state index is 11.5. The van der Waals surface area contributed by atoms with Crippen LogP contribution in [-0.2, 0) is 14.3 Å². The molecule has 98 valence electrons. The van der Waals surface area contributed by atoms with Gasteiger partial charge in [0.25, 0.3) is 0 Å². The molecule has 1 heterocycles. The Kier molecular flexibility index (Phi) is 5.37. The Bertz CT molecular complexity index is 275. The Morgan fingerprint density at radius 1 is 1.47 bits per heavy atom. The standard InChI is InChI=1S/C11H21N3O3/c1-7(2)10(12)11(16)13-5-9(15)14-8-3-4-17-6-8/h7-8,10H,3-6,12H2,1-2H3,(H,13,16)(H,14,15)/t8?,10-/m0/s1. The van der Waals surface area contributed by atoms with E-state index in [0.717, 1.165) is 6.42 Å². The second kappa shape index (κ2) is 6.56. The number of hydrogen-bond acceptors (Lipinski definition) is 4. The fourth-order valence-electron chi connectivity index (χ4n) is 1.52. The lowest BCUT2D eigenvalue weighted by Crippen LogP contribution is -2.48. The third-order valence-corrected chi connectivity index (χ3v) is 2.74. The minimum absolute atomic E-state index is 0.0320. The van der Waals surface area contributed by atoms with Gasteiger partial charge in [0.1, 0.15) is 0 Å². The van der Waals surface area contributed by atoms with Crippen LogP contribution in [0.4, 0.5) is 0 Å². The number of rotatable bonds is 5. The van der Waals surface area contributed by atoms with Gasteiger partial charge in [-0.2, -0.15) is 0 Å². The smallest absolute Gasteiger partial charge is 0.239 e. The van der Waals surface area contributed by atoms with E-state index < -0.39 is 6.04 Å². The average molecular weight is 243 g/mol. The fraction of sp³-hybridized carbons (Fsp3) is 0.818. The van der Waals surface area contributed by atoms with Crippen LogP contribution in [0, 0.1) is 5.92 Å². The van der Waals surface area contributed by atoms with Gasteiger partial charge in [0.15, 0.2) is 0 Å². The monoisotopic (exact) mass is 243 g/mol. The van der Waals surface area contributed by atoms with Crippen LogP contribution < -0.4 is 16.4 Å². The molecule has 0 radical (unpaired) electrons. The first-order valence-corrected chi connectivity index (χ1v) is 5.91. The van der Waals surface area contributed by atoms with Crippen LogP contribution in [-0.4, -0.2) is 43.7 Å². The van der Waals surface area contributed by atoms with E-state index in [-0.39, 0.29) is 30.3 Å². The van der Waals surface area contributed by atoms with Gasteiger partial charge < -0.3 is 21.1 Å². The molecule has 2 amide bonds. The van der Waals surface area contributed by atoms with Crippen molar-refractivity contribution in [3.63, 3.8) is 0 Å². The van der Waals surface area contributed by atoms with Gasteiger partial charge in [0.2, 0.25) is 11.8 Å². The fourth-order valence-corrected chi connectivity index (χ4v) is 1.52. The maximum Gasteiger partial charge on any atom is 0.239 e. The van der Waals surface area contributed by atoms with E-state index >= 15 is 0 Å². The lowest BCUT2D eigenvalue weighted by Gasteiger charge is -2.16. The Hall–Kier alpha value is -1.14. The first-order chi connectivity index (χ1) is 8.00. The van der Waals surface area contributed by atoms with E-state index in [0.29, 0.717) is 13.2 Å². The summed E-state index contributed by atoms with van der Waals surface area (Å²) >= 11 is 0. The zero-order chi connectivity index (χ0) is 12.8. The Labute approximate surface area is 101 Å². The van der Waals surface area contributed by atoms with Gasteiger partial charge in [-0.25, -0.2) is 0 Å². The zero-order valence-corrected chi connectivity index (χ0v) is 10.4. The molecule has 0 aliphatic carbocycles. The molecule has 1 rings (SSSR count). The summed E-state index contributed by atoms with van der Waals surface area (Å²) in [5, 5.41) is 5.30. The molecule has 1 aliphatic heterocycles. The number of amides is 2. The molecular weight excluding hydrogens is 222 g/mol. The van der Waals surface area contributed by atoms with Crippen LogP contribution in [0.3, 0.4) is 0 Å². The summed E-state index contributed by atoms with van der Waals surface area (Å²) in [7, 11) is 0. The van der Waals surface area contributed by atoms with E-state index in [9.17, 15) is 9.59 Å². The van der Waals surface area contributed by atoms with Crippen LogP contribution in [0.1, 0.15) is 20.3 Å². The molecule has 0 saturated carbocycles. The Balaban J connectivity index is 2.20. The number of carbonyl (C=O) groups excluding carboxylic acids is 2. The van der Waals surface area contributed by atoms with Gasteiger partial charge in [-0.15, -0.1) is 0 Å². The molecule has 1 saturated heterocycles. The largest absolute Gasteiger partial charge is 0.379 e. The average Bonchev–Trinajstić information content (AvgIpc) is 2.77. The van der Waals surface area contributed by atoms with Gasteiger partial charge in [0, 0.05) is 6.61 Å². The number of carbonyl (C=O) groups is 2. The quantitative estimate of drug-likeness (QED) is 0.577. The van der Waals surface area contributed by atoms with Crippen molar-refractivity contribution in [3.8, 4) is 0 Å². The molecule has 0 aromatic carbocycles. The van der Waals surface area contributed by atoms with E-state index in [2.05, 4.69) is 10.6 Å². The second-order valence-corrected chi connectivity index (χ2v) is 4.62. The molecule has 0 aromatic heterocycles. The Morgan fingerprint density at radius 2 is 2.18 bits per heavy atom.